The Kier molecular flexibility index (Phi) is 6.10. The monoisotopic (exact) mass is 319 g/mol. The summed E-state index contributed by atoms with van der Waals surface area (Å²) in [5.74, 6) is -0.573. The number of carbonyl (C=O) groups excluding carboxylic acids is 2. The van der Waals surface area contributed by atoms with Crippen LogP contribution in [-0.2, 0) is 19.2 Å². The van der Waals surface area contributed by atoms with Crippen molar-refractivity contribution in [2.45, 2.75) is 13.8 Å². The van der Waals surface area contributed by atoms with Gasteiger partial charge in [0.05, 0.1) is 13.2 Å². The minimum atomic E-state index is -0.407. The number of aryl methyl sites for hydroxylation is 2. The maximum Gasteiger partial charge on any atom is 0.270 e. The minimum absolute atomic E-state index is 0.166. The summed E-state index contributed by atoms with van der Waals surface area (Å²) >= 11 is 0. The molecule has 1 N–H and O–H groups in total. The van der Waals surface area contributed by atoms with Gasteiger partial charge in [0.2, 0.25) is 0 Å². The summed E-state index contributed by atoms with van der Waals surface area (Å²) in [5, 5.41) is 6.24. The summed E-state index contributed by atoms with van der Waals surface area (Å²) in [5.41, 5.74) is 2.81. The largest absolute Gasteiger partial charge is 0.386 e. The summed E-state index contributed by atoms with van der Waals surface area (Å²) in [6, 6.07) is 5.72. The molecular weight excluding hydrogens is 298 g/mol. The average Bonchev–Trinajstić information content (AvgIpc) is 2.55. The molecule has 124 valence electrons. The van der Waals surface area contributed by atoms with Crippen molar-refractivity contribution in [2.75, 3.05) is 38.2 Å². The molecule has 0 radical (unpaired) electrons. The lowest BCUT2D eigenvalue weighted by molar-refractivity contribution is -0.140. The molecule has 1 fully saturated rings. The van der Waals surface area contributed by atoms with Gasteiger partial charge in [-0.25, -0.2) is 0 Å². The number of nitrogens with one attached hydrogen (secondary N) is 1. The smallest absolute Gasteiger partial charge is 0.270 e. The number of morpholine rings is 1. The molecule has 1 aromatic rings. The third kappa shape index (κ3) is 5.37. The lowest BCUT2D eigenvalue weighted by Gasteiger charge is -2.26. The Morgan fingerprint density at radius 2 is 2.09 bits per heavy atom. The van der Waals surface area contributed by atoms with Crippen LogP contribution in [0.25, 0.3) is 0 Å². The first-order chi connectivity index (χ1) is 11.1. The molecule has 23 heavy (non-hydrogen) atoms. The number of hydrogen-bond acceptors (Lipinski definition) is 5. The van der Waals surface area contributed by atoms with Crippen LogP contribution in [0, 0.1) is 13.8 Å². The van der Waals surface area contributed by atoms with E-state index in [4.69, 9.17) is 9.57 Å². The third-order valence-corrected chi connectivity index (χ3v) is 3.44. The Morgan fingerprint density at radius 1 is 1.35 bits per heavy atom. The highest BCUT2D eigenvalue weighted by atomic mass is 16.6. The predicted octanol–water partition coefficient (Wildman–Crippen LogP) is 1.10. The van der Waals surface area contributed by atoms with Crippen LogP contribution < -0.4 is 5.32 Å². The molecule has 0 aliphatic carbocycles. The van der Waals surface area contributed by atoms with Gasteiger partial charge in [0.25, 0.3) is 11.8 Å². The Labute approximate surface area is 135 Å². The number of amides is 2. The molecule has 0 aromatic heterocycles. The number of carbonyl (C=O) groups is 2. The fourth-order valence-corrected chi connectivity index (χ4v) is 2.20. The second kappa shape index (κ2) is 8.28. The molecule has 1 aliphatic heterocycles. The first-order valence-electron chi connectivity index (χ1n) is 7.45. The van der Waals surface area contributed by atoms with Gasteiger partial charge < -0.3 is 19.8 Å². The van der Waals surface area contributed by atoms with Gasteiger partial charge in [0.1, 0.15) is 6.21 Å². The zero-order chi connectivity index (χ0) is 16.7. The van der Waals surface area contributed by atoms with E-state index in [2.05, 4.69) is 10.5 Å². The zero-order valence-electron chi connectivity index (χ0n) is 13.4. The van der Waals surface area contributed by atoms with Crippen molar-refractivity contribution in [3.63, 3.8) is 0 Å². The number of oxime groups is 1. The highest BCUT2D eigenvalue weighted by Crippen LogP contribution is 2.15. The topological polar surface area (TPSA) is 80.2 Å². The van der Waals surface area contributed by atoms with E-state index in [1.165, 1.54) is 0 Å². The molecule has 1 aromatic carbocycles. The lowest BCUT2D eigenvalue weighted by atomic mass is 10.1. The van der Waals surface area contributed by atoms with Gasteiger partial charge in [-0.3, -0.25) is 9.59 Å². The highest BCUT2D eigenvalue weighted by molar-refractivity contribution is 6.31. The first-order valence-corrected chi connectivity index (χ1v) is 7.45. The normalized spacial score (nSPS) is 14.8. The Hall–Kier alpha value is -2.41. The summed E-state index contributed by atoms with van der Waals surface area (Å²) in [7, 11) is 0. The van der Waals surface area contributed by atoms with E-state index in [0.29, 0.717) is 26.3 Å². The molecule has 7 heteroatoms. The summed E-state index contributed by atoms with van der Waals surface area (Å²) in [4.78, 5) is 30.1. The lowest BCUT2D eigenvalue weighted by Crippen LogP contribution is -2.42. The van der Waals surface area contributed by atoms with Gasteiger partial charge in [-0.15, -0.1) is 0 Å². The molecule has 1 heterocycles. The standard InChI is InChI=1S/C16H21N3O4/c1-12-3-4-14(13(2)9-12)18-15(20)10-17-23-11-16(21)19-5-7-22-8-6-19/h3-4,9-10H,5-8,11H2,1-2H3,(H,18,20)/b17-10-. The number of hydrogen-bond donors (Lipinski definition) is 1. The number of benzene rings is 1. The average molecular weight is 319 g/mol. The Bertz CT molecular complexity index is 595. The number of rotatable bonds is 5. The molecule has 0 bridgehead atoms. The van der Waals surface area contributed by atoms with E-state index < -0.39 is 5.91 Å². The predicted molar refractivity (Wildman–Crippen MR) is 86.4 cm³/mol. The van der Waals surface area contributed by atoms with Crippen molar-refractivity contribution in [3.8, 4) is 0 Å². The first kappa shape index (κ1) is 17.0. The second-order valence-corrected chi connectivity index (χ2v) is 5.31. The van der Waals surface area contributed by atoms with Crippen LogP contribution >= 0.6 is 0 Å². The van der Waals surface area contributed by atoms with Crippen LogP contribution in [-0.4, -0.2) is 55.8 Å². The van der Waals surface area contributed by atoms with Crippen molar-refractivity contribution in [1.29, 1.82) is 0 Å². The number of ether oxygens (including phenoxy) is 1. The van der Waals surface area contributed by atoms with Crippen molar-refractivity contribution < 1.29 is 19.2 Å². The van der Waals surface area contributed by atoms with Gasteiger partial charge in [-0.05, 0) is 25.5 Å². The molecule has 1 saturated heterocycles. The van der Waals surface area contributed by atoms with Gasteiger partial charge >= 0.3 is 0 Å². The van der Waals surface area contributed by atoms with Crippen LogP contribution in [0.15, 0.2) is 23.4 Å². The van der Waals surface area contributed by atoms with E-state index in [9.17, 15) is 9.59 Å². The molecule has 1 aliphatic rings. The van der Waals surface area contributed by atoms with E-state index in [1.54, 1.807) is 4.90 Å². The van der Waals surface area contributed by atoms with Gasteiger partial charge in [0, 0.05) is 18.8 Å². The van der Waals surface area contributed by atoms with Gasteiger partial charge in [0.15, 0.2) is 6.61 Å². The highest BCUT2D eigenvalue weighted by Gasteiger charge is 2.16. The van der Waals surface area contributed by atoms with E-state index in [1.807, 2.05) is 32.0 Å². The van der Waals surface area contributed by atoms with E-state index in [-0.39, 0.29) is 12.5 Å². The molecule has 0 atom stereocenters. The van der Waals surface area contributed by atoms with Crippen LogP contribution in [0.2, 0.25) is 0 Å². The van der Waals surface area contributed by atoms with Crippen molar-refractivity contribution in [1.82, 2.24) is 4.90 Å². The number of nitrogens with zero attached hydrogens (tertiary/aromatic N) is 2. The van der Waals surface area contributed by atoms with E-state index >= 15 is 0 Å². The molecule has 2 amide bonds. The third-order valence-electron chi connectivity index (χ3n) is 3.44. The molecular formula is C16H21N3O4. The fourth-order valence-electron chi connectivity index (χ4n) is 2.20. The maximum atomic E-state index is 11.8. The van der Waals surface area contributed by atoms with Crippen LogP contribution in [0.1, 0.15) is 11.1 Å². The SMILES string of the molecule is Cc1ccc(NC(=O)/C=N\OCC(=O)N2CCOCC2)c(C)c1. The summed E-state index contributed by atoms with van der Waals surface area (Å²) in [6.07, 6.45) is 1.02. The van der Waals surface area contributed by atoms with Crippen molar-refractivity contribution >= 4 is 23.7 Å². The van der Waals surface area contributed by atoms with E-state index in [0.717, 1.165) is 23.0 Å². The Morgan fingerprint density at radius 3 is 2.78 bits per heavy atom. The summed E-state index contributed by atoms with van der Waals surface area (Å²) in [6.45, 7) is 5.89. The molecule has 0 spiro atoms. The minimum Gasteiger partial charge on any atom is -0.386 e. The fraction of sp³-hybridized carbons (Fsp3) is 0.438. The molecule has 7 nitrogen and oxygen atoms in total. The van der Waals surface area contributed by atoms with Crippen LogP contribution in [0.3, 0.4) is 0 Å². The summed E-state index contributed by atoms with van der Waals surface area (Å²) < 4.78 is 5.16. The van der Waals surface area contributed by atoms with Crippen LogP contribution in [0.5, 0.6) is 0 Å². The van der Waals surface area contributed by atoms with Gasteiger partial charge in [-0.2, -0.15) is 0 Å². The maximum absolute atomic E-state index is 11.8. The van der Waals surface area contributed by atoms with Crippen molar-refractivity contribution in [2.24, 2.45) is 5.16 Å². The van der Waals surface area contributed by atoms with Crippen molar-refractivity contribution in [3.05, 3.63) is 29.3 Å². The number of anilines is 1. The zero-order valence-corrected chi connectivity index (χ0v) is 13.4. The molecule has 2 rings (SSSR count). The second-order valence-electron chi connectivity index (χ2n) is 5.31. The molecule has 0 saturated carbocycles. The molecule has 0 unspecified atom stereocenters. The van der Waals surface area contributed by atoms with Gasteiger partial charge in [-0.1, -0.05) is 22.9 Å². The van der Waals surface area contributed by atoms with Crippen LogP contribution in [0.4, 0.5) is 5.69 Å². The Balaban J connectivity index is 1.74. The quantitative estimate of drug-likeness (QED) is 0.651.